The zero-order valence-electron chi connectivity index (χ0n) is 20.6. The maximum atomic E-state index is 13.8. The van der Waals surface area contributed by atoms with Crippen LogP contribution in [-0.2, 0) is 14.8 Å². The van der Waals surface area contributed by atoms with Gasteiger partial charge in [0.05, 0.1) is 10.6 Å². The molecule has 1 amide bonds. The average molecular weight is 573 g/mol. The monoisotopic (exact) mass is 572 g/mol. The number of hydrazone groups is 1. The smallest absolute Gasteiger partial charge is 0.285 e. The molecule has 0 aromatic heterocycles. The Morgan fingerprint density at radius 3 is 2.33 bits per heavy atom. The first-order valence-corrected chi connectivity index (χ1v) is 13.4. The number of benzene rings is 3. The second-order valence-corrected chi connectivity index (χ2v) is 10.6. The molecular weight excluding hydrogens is 550 g/mol. The van der Waals surface area contributed by atoms with Gasteiger partial charge in [-0.3, -0.25) is 10.1 Å². The third kappa shape index (κ3) is 7.03. The molecule has 0 bridgehead atoms. The van der Waals surface area contributed by atoms with Gasteiger partial charge in [-0.05, 0) is 41.8 Å². The number of halogens is 3. The Morgan fingerprint density at radius 1 is 1.08 bits per heavy atom. The predicted octanol–water partition coefficient (Wildman–Crippen LogP) is 4.01. The predicted molar refractivity (Wildman–Crippen MR) is 145 cm³/mol. The average Bonchev–Trinajstić information content (AvgIpc) is 2.88. The van der Waals surface area contributed by atoms with Crippen molar-refractivity contribution in [3.63, 3.8) is 0 Å². The van der Waals surface area contributed by atoms with E-state index in [1.165, 1.54) is 11.9 Å². The Labute approximate surface area is 228 Å². The van der Waals surface area contributed by atoms with E-state index >= 15 is 0 Å². The van der Waals surface area contributed by atoms with Crippen molar-refractivity contribution in [3.05, 3.63) is 101 Å². The molecule has 1 aliphatic heterocycles. The zero-order valence-corrected chi connectivity index (χ0v) is 22.1. The highest BCUT2D eigenvalue weighted by Crippen LogP contribution is 2.30. The van der Waals surface area contributed by atoms with Crippen LogP contribution in [-0.4, -0.2) is 43.5 Å². The number of amides is 1. The number of nitrogens with two attached hydrogens (primary N) is 1. The number of hydrogen-bond donors (Lipinski definition) is 2. The molecular formula is C26H23ClF2N6O3S. The molecule has 3 aromatic carbocycles. The molecule has 0 fully saturated rings. The number of rotatable bonds is 4. The van der Waals surface area contributed by atoms with Crippen LogP contribution < -0.4 is 11.1 Å². The van der Waals surface area contributed by atoms with Crippen LogP contribution in [0.15, 0.2) is 92.2 Å². The minimum atomic E-state index is -4.68. The number of hydrogen-bond acceptors (Lipinski definition) is 4. The summed E-state index contributed by atoms with van der Waals surface area (Å²) in [7, 11) is -4.68. The van der Waals surface area contributed by atoms with Crippen molar-refractivity contribution in [2.45, 2.75) is 24.2 Å². The van der Waals surface area contributed by atoms with Crippen molar-refractivity contribution in [2.75, 3.05) is 6.54 Å². The normalized spacial score (nSPS) is 16.6. The van der Waals surface area contributed by atoms with Gasteiger partial charge in [0.1, 0.15) is 11.6 Å². The van der Waals surface area contributed by atoms with E-state index in [-0.39, 0.29) is 12.5 Å². The second kappa shape index (κ2) is 11.7. The summed E-state index contributed by atoms with van der Waals surface area (Å²) >= 11 is 6.08. The number of aliphatic imine (C=N–C) groups is 1. The lowest BCUT2D eigenvalue weighted by atomic mass is 9.86. The second-order valence-electron chi connectivity index (χ2n) is 8.52. The number of nitrogens with one attached hydrogen (secondary N) is 1. The molecule has 1 atom stereocenters. The Bertz CT molecular complexity index is 1560. The molecule has 3 aromatic rings. The summed E-state index contributed by atoms with van der Waals surface area (Å²) in [6.07, 6.45) is 0.467. The summed E-state index contributed by atoms with van der Waals surface area (Å²) in [5.41, 5.74) is 8.06. The summed E-state index contributed by atoms with van der Waals surface area (Å²) in [4.78, 5) is 14.7. The van der Waals surface area contributed by atoms with Gasteiger partial charge in [-0.15, -0.1) is 4.40 Å². The molecule has 9 nitrogen and oxygen atoms in total. The van der Waals surface area contributed by atoms with Crippen LogP contribution in [0.3, 0.4) is 0 Å². The highest BCUT2D eigenvalue weighted by Gasteiger charge is 2.29. The van der Waals surface area contributed by atoms with Crippen molar-refractivity contribution < 1.29 is 22.0 Å². The highest BCUT2D eigenvalue weighted by molar-refractivity contribution is 7.90. The summed E-state index contributed by atoms with van der Waals surface area (Å²) < 4.78 is 57.4. The van der Waals surface area contributed by atoms with Crippen molar-refractivity contribution in [1.29, 1.82) is 0 Å². The summed E-state index contributed by atoms with van der Waals surface area (Å²) in [6.45, 7) is 1.34. The molecule has 1 heterocycles. The van der Waals surface area contributed by atoms with Gasteiger partial charge in [0, 0.05) is 30.5 Å². The van der Waals surface area contributed by atoms with E-state index in [4.69, 9.17) is 17.3 Å². The zero-order chi connectivity index (χ0) is 28.2. The first kappa shape index (κ1) is 27.9. The fraction of sp³-hybridized carbons (Fsp3) is 0.154. The standard InChI is InChI=1S/C26H23ClF2N6O3S/c1-16(36)31-25(30)32-26(34-39(37,38)22-14-20(28)13-21(29)15-22)35-12-11-23(17-5-3-2-4-6-17)24(33-35)18-7-9-19(27)10-8-18/h2-10,13-15,23H,11-12H2,1H3,(H3,30,31,32,34,36). The van der Waals surface area contributed by atoms with Crippen LogP contribution in [0.2, 0.25) is 5.02 Å². The quantitative estimate of drug-likeness (QED) is 0.360. The third-order valence-electron chi connectivity index (χ3n) is 5.62. The van der Waals surface area contributed by atoms with E-state index < -0.39 is 44.4 Å². The highest BCUT2D eigenvalue weighted by atomic mass is 35.5. The summed E-state index contributed by atoms with van der Waals surface area (Å²) in [5.74, 6) is -3.88. The Morgan fingerprint density at radius 2 is 1.72 bits per heavy atom. The lowest BCUT2D eigenvalue weighted by Gasteiger charge is -2.30. The van der Waals surface area contributed by atoms with Gasteiger partial charge in [-0.2, -0.15) is 18.5 Å². The van der Waals surface area contributed by atoms with Crippen molar-refractivity contribution in [1.82, 2.24) is 10.3 Å². The van der Waals surface area contributed by atoms with Gasteiger partial charge in [-0.25, -0.2) is 13.8 Å². The van der Waals surface area contributed by atoms with Crippen LogP contribution in [0.25, 0.3) is 0 Å². The molecule has 1 unspecified atom stereocenters. The Hall–Kier alpha value is -4.16. The fourth-order valence-electron chi connectivity index (χ4n) is 3.95. The van der Waals surface area contributed by atoms with Crippen LogP contribution >= 0.6 is 11.6 Å². The number of sulfonamides is 1. The molecule has 0 saturated carbocycles. The molecule has 39 heavy (non-hydrogen) atoms. The molecule has 13 heteroatoms. The number of nitrogens with zero attached hydrogens (tertiary/aromatic N) is 4. The number of guanidine groups is 2. The molecule has 3 N–H and O–H groups in total. The van der Waals surface area contributed by atoms with Crippen molar-refractivity contribution in [3.8, 4) is 0 Å². The van der Waals surface area contributed by atoms with Crippen LogP contribution in [0.5, 0.6) is 0 Å². The molecule has 4 rings (SSSR count). The van der Waals surface area contributed by atoms with E-state index in [2.05, 4.69) is 19.8 Å². The van der Waals surface area contributed by atoms with Gasteiger partial charge < -0.3 is 5.73 Å². The van der Waals surface area contributed by atoms with E-state index in [1.807, 2.05) is 30.3 Å². The van der Waals surface area contributed by atoms with E-state index in [1.54, 1.807) is 24.3 Å². The largest absolute Gasteiger partial charge is 0.369 e. The first-order valence-electron chi connectivity index (χ1n) is 11.6. The maximum absolute atomic E-state index is 13.8. The molecule has 1 aliphatic rings. The van der Waals surface area contributed by atoms with Crippen molar-refractivity contribution >= 4 is 45.2 Å². The summed E-state index contributed by atoms with van der Waals surface area (Å²) in [6, 6.07) is 18.3. The van der Waals surface area contributed by atoms with Gasteiger partial charge >= 0.3 is 0 Å². The van der Waals surface area contributed by atoms with Crippen molar-refractivity contribution in [2.24, 2.45) is 20.2 Å². The Balaban J connectivity index is 1.86. The fourth-order valence-corrected chi connectivity index (χ4v) is 5.06. The maximum Gasteiger partial charge on any atom is 0.285 e. The van der Waals surface area contributed by atoms with Crippen LogP contribution in [0.4, 0.5) is 8.78 Å². The molecule has 0 aliphatic carbocycles. The van der Waals surface area contributed by atoms with E-state index in [0.717, 1.165) is 5.56 Å². The minimum absolute atomic E-state index is 0.152. The molecule has 202 valence electrons. The minimum Gasteiger partial charge on any atom is -0.369 e. The molecule has 0 spiro atoms. The van der Waals surface area contributed by atoms with Gasteiger partial charge in [0.2, 0.25) is 11.9 Å². The lowest BCUT2D eigenvalue weighted by molar-refractivity contribution is -0.117. The van der Waals surface area contributed by atoms with Gasteiger partial charge in [-0.1, -0.05) is 54.1 Å². The SMILES string of the molecule is CC(=O)N/C(N)=N/C(=N/S(=O)(=O)c1cc(F)cc(F)c1)N1CCC(c2ccccc2)C(c2ccc(Cl)cc2)=N1. The topological polar surface area (TPSA) is 130 Å². The summed E-state index contributed by atoms with van der Waals surface area (Å²) in [5, 5.41) is 8.65. The molecule has 0 saturated heterocycles. The van der Waals surface area contributed by atoms with Gasteiger partial charge in [0.25, 0.3) is 16.0 Å². The Kier molecular flexibility index (Phi) is 8.36. The van der Waals surface area contributed by atoms with E-state index in [0.29, 0.717) is 40.9 Å². The van der Waals surface area contributed by atoms with E-state index in [9.17, 15) is 22.0 Å². The van der Waals surface area contributed by atoms with Crippen LogP contribution in [0, 0.1) is 11.6 Å². The lowest BCUT2D eigenvalue weighted by Crippen LogP contribution is -2.40. The third-order valence-corrected chi connectivity index (χ3v) is 7.11. The van der Waals surface area contributed by atoms with Gasteiger partial charge in [0.15, 0.2) is 0 Å². The first-order chi connectivity index (χ1) is 18.5. The van der Waals surface area contributed by atoms with Crippen LogP contribution in [0.1, 0.15) is 30.4 Å². The number of carbonyl (C=O) groups is 1. The number of carbonyl (C=O) groups excluding carboxylic acids is 1. The molecule has 0 radical (unpaired) electrons.